The van der Waals surface area contributed by atoms with Crippen LogP contribution in [-0.2, 0) is 29.5 Å². The van der Waals surface area contributed by atoms with Crippen molar-refractivity contribution in [3.05, 3.63) is 79.9 Å². The molecule has 4 aliphatic rings. The molecule has 3 heteroatoms. The maximum atomic E-state index is 2.71. The summed E-state index contributed by atoms with van der Waals surface area (Å²) in [6, 6.07) is 9.98. The van der Waals surface area contributed by atoms with Gasteiger partial charge in [0, 0.05) is 0 Å². The van der Waals surface area contributed by atoms with Crippen LogP contribution in [0.3, 0.4) is 0 Å². The Morgan fingerprint density at radius 1 is 0.541 bits per heavy atom. The summed E-state index contributed by atoms with van der Waals surface area (Å²) in [6.07, 6.45) is 10.8. The quantitative estimate of drug-likeness (QED) is 0.494. The molecule has 2 bridgehead atoms. The molecule has 2 unspecified atom stereocenters. The molecular formula is C34H42Cl2Zr. The van der Waals surface area contributed by atoms with Crippen molar-refractivity contribution in [3.63, 3.8) is 0 Å². The van der Waals surface area contributed by atoms with Crippen LogP contribution in [0, 0.1) is 0 Å². The molecular weight excluding hydrogens is 571 g/mol. The average Bonchev–Trinajstić information content (AvgIpc) is 3.29. The molecule has 2 fully saturated rings. The fourth-order valence-electron chi connectivity index (χ4n) is 8.02. The molecule has 2 aromatic rings. The summed E-state index contributed by atoms with van der Waals surface area (Å²) in [5, 5.41) is 0. The van der Waals surface area contributed by atoms with Gasteiger partial charge in [-0.1, -0.05) is 0 Å². The zero-order valence-corrected chi connectivity index (χ0v) is 27.8. The van der Waals surface area contributed by atoms with Crippen LogP contribution in [0.15, 0.2) is 35.4 Å². The maximum absolute atomic E-state index is 2.71. The third-order valence-electron chi connectivity index (χ3n) is 9.66. The van der Waals surface area contributed by atoms with Gasteiger partial charge in [-0.3, -0.25) is 0 Å². The van der Waals surface area contributed by atoms with Crippen LogP contribution in [-0.4, -0.2) is 0 Å². The minimum Gasteiger partial charge on any atom is -1.00 e. The molecule has 6 rings (SSSR count). The molecule has 2 saturated heterocycles. The van der Waals surface area contributed by atoms with E-state index in [1.165, 1.54) is 25.7 Å². The van der Waals surface area contributed by atoms with E-state index in [0.717, 1.165) is 0 Å². The molecule has 2 aromatic carbocycles. The zero-order chi connectivity index (χ0) is 24.9. The predicted octanol–water partition coefficient (Wildman–Crippen LogP) is 3.74. The Balaban J connectivity index is 0.00000160. The average molecular weight is 613 g/mol. The van der Waals surface area contributed by atoms with E-state index in [1.54, 1.807) is 44.5 Å². The van der Waals surface area contributed by atoms with Gasteiger partial charge in [0.1, 0.15) is 0 Å². The van der Waals surface area contributed by atoms with Gasteiger partial charge in [0.05, 0.1) is 0 Å². The fourth-order valence-corrected chi connectivity index (χ4v) is 14.8. The Bertz CT molecular complexity index is 1200. The standard InChI is InChI=1S/C34H42.2ClH.Zr/c1-19(2)25-13-15-27(21(5)6)33-29-11-10-24-18-32-26(20(3)4)14-16-28(22(7)8)34(32)30(24)12-9-23(29)17-31(25)33;;;/h13-22H,9-12H2,1-8H3;2*1H;/q;;;+2/p-2. The number of benzene rings is 2. The van der Waals surface area contributed by atoms with Crippen molar-refractivity contribution in [3.8, 4) is 0 Å². The number of rotatable bonds is 4. The largest absolute Gasteiger partial charge is 1.00 e. The Morgan fingerprint density at radius 3 is 1.19 bits per heavy atom. The van der Waals surface area contributed by atoms with Gasteiger partial charge >= 0.3 is 226 Å². The Hall–Kier alpha value is -0.617. The van der Waals surface area contributed by atoms with Crippen molar-refractivity contribution in [1.29, 1.82) is 0 Å². The van der Waals surface area contributed by atoms with Gasteiger partial charge in [0.25, 0.3) is 0 Å². The van der Waals surface area contributed by atoms with Crippen molar-refractivity contribution in [2.24, 2.45) is 0 Å². The van der Waals surface area contributed by atoms with Crippen molar-refractivity contribution in [2.75, 3.05) is 0 Å². The minimum atomic E-state index is -0.891. The maximum Gasteiger partial charge on any atom is -1.00 e. The Morgan fingerprint density at radius 2 is 0.865 bits per heavy atom. The minimum absolute atomic E-state index is 0. The molecule has 2 atom stereocenters. The van der Waals surface area contributed by atoms with E-state index in [9.17, 15) is 0 Å². The molecule has 196 valence electrons. The first kappa shape index (κ1) is 29.4. The third kappa shape index (κ3) is 3.99. The van der Waals surface area contributed by atoms with Crippen LogP contribution in [0.4, 0.5) is 0 Å². The summed E-state index contributed by atoms with van der Waals surface area (Å²) in [7, 11) is 0. The van der Waals surface area contributed by atoms with Crippen LogP contribution in [0.5, 0.6) is 0 Å². The van der Waals surface area contributed by atoms with E-state index in [1.807, 2.05) is 11.1 Å². The molecule has 0 nitrogen and oxygen atoms in total. The predicted molar refractivity (Wildman–Crippen MR) is 147 cm³/mol. The van der Waals surface area contributed by atoms with Crippen LogP contribution in [0.2, 0.25) is 0 Å². The van der Waals surface area contributed by atoms with E-state index in [-0.39, 0.29) is 24.8 Å². The molecule has 0 radical (unpaired) electrons. The second-order valence-electron chi connectivity index (χ2n) is 13.0. The van der Waals surface area contributed by atoms with E-state index >= 15 is 0 Å². The first-order valence-electron chi connectivity index (χ1n) is 14.2. The number of hydrogen-bond donors (Lipinski definition) is 0. The summed E-state index contributed by atoms with van der Waals surface area (Å²) in [5.41, 5.74) is 17.0. The molecule has 2 aliphatic carbocycles. The topological polar surface area (TPSA) is 0 Å². The van der Waals surface area contributed by atoms with Crippen LogP contribution in [0.25, 0.3) is 12.2 Å². The van der Waals surface area contributed by atoms with Gasteiger partial charge in [-0.25, -0.2) is 0 Å². The first-order chi connectivity index (χ1) is 16.6. The molecule has 0 aromatic heterocycles. The second kappa shape index (κ2) is 10.1. The van der Waals surface area contributed by atoms with Crippen LogP contribution >= 0.6 is 0 Å². The van der Waals surface area contributed by atoms with E-state index in [2.05, 4.69) is 91.8 Å². The van der Waals surface area contributed by atoms with Gasteiger partial charge in [-0.05, 0) is 0 Å². The fraction of sp³-hybridized carbons (Fsp3) is 0.529. The van der Waals surface area contributed by atoms with Crippen molar-refractivity contribution in [1.82, 2.24) is 0 Å². The number of halogens is 2. The van der Waals surface area contributed by atoms with Crippen LogP contribution in [0.1, 0.15) is 149 Å². The molecule has 37 heavy (non-hydrogen) atoms. The summed E-state index contributed by atoms with van der Waals surface area (Å²) in [4.78, 5) is 0. The first-order valence-corrected chi connectivity index (χ1v) is 16.6. The Kier molecular flexibility index (Phi) is 8.01. The van der Waals surface area contributed by atoms with Gasteiger partial charge in [0.15, 0.2) is 0 Å². The monoisotopic (exact) mass is 610 g/mol. The number of hydrogen-bond acceptors (Lipinski definition) is 0. The summed E-state index contributed by atoms with van der Waals surface area (Å²) >= 11 is -0.891. The number of allylic oxidation sites excluding steroid dienone is 2. The van der Waals surface area contributed by atoms with Gasteiger partial charge in [-0.2, -0.15) is 0 Å². The van der Waals surface area contributed by atoms with E-state index in [0.29, 0.717) is 29.9 Å². The molecule has 0 amide bonds. The van der Waals surface area contributed by atoms with Crippen molar-refractivity contribution >= 4 is 12.2 Å². The smallest absolute Gasteiger partial charge is 1.00 e. The SMILES string of the molecule is CC(C)c1ccc(C(C)C)c2c1C=C1CC[C]34[Zr+2][C]12CCC3=Cc1c(C(C)C)ccc(C(C)C)c14.[Cl-].[Cl-]. The van der Waals surface area contributed by atoms with E-state index < -0.39 is 23.2 Å². The number of fused-ring (bicyclic) bond motifs is 2. The van der Waals surface area contributed by atoms with Crippen molar-refractivity contribution in [2.45, 2.75) is 111 Å². The van der Waals surface area contributed by atoms with Crippen LogP contribution < -0.4 is 24.8 Å². The second-order valence-corrected chi connectivity index (χ2v) is 17.8. The normalized spacial score (nSPS) is 24.3. The summed E-state index contributed by atoms with van der Waals surface area (Å²) in [5.74, 6) is 2.36. The Labute approximate surface area is 249 Å². The molecule has 2 heterocycles. The summed E-state index contributed by atoms with van der Waals surface area (Å²) < 4.78 is 0.810. The summed E-state index contributed by atoms with van der Waals surface area (Å²) in [6.45, 7) is 19.3. The zero-order valence-electron chi connectivity index (χ0n) is 23.9. The molecule has 0 N–H and O–H groups in total. The van der Waals surface area contributed by atoms with Crippen molar-refractivity contribution < 1.29 is 48.0 Å². The van der Waals surface area contributed by atoms with E-state index in [4.69, 9.17) is 0 Å². The molecule has 0 saturated carbocycles. The molecule has 2 spiro atoms. The van der Waals surface area contributed by atoms with Gasteiger partial charge in [0.2, 0.25) is 0 Å². The third-order valence-corrected chi connectivity index (χ3v) is 15.8. The molecule has 2 aliphatic heterocycles. The van der Waals surface area contributed by atoms with Gasteiger partial charge < -0.3 is 24.8 Å². The van der Waals surface area contributed by atoms with Gasteiger partial charge in [-0.15, -0.1) is 0 Å².